The van der Waals surface area contributed by atoms with Crippen molar-refractivity contribution in [3.63, 3.8) is 0 Å². The van der Waals surface area contributed by atoms with Crippen molar-refractivity contribution >= 4 is 5.87 Å². The highest BCUT2D eigenvalue weighted by Crippen LogP contribution is 2.03. The summed E-state index contributed by atoms with van der Waals surface area (Å²) in [4.78, 5) is 3.69. The van der Waals surface area contributed by atoms with Crippen LogP contribution < -0.4 is 0 Å². The van der Waals surface area contributed by atoms with Gasteiger partial charge in [-0.15, -0.1) is 0 Å². The van der Waals surface area contributed by atoms with E-state index in [1.165, 1.54) is 0 Å². The van der Waals surface area contributed by atoms with Crippen LogP contribution in [0.25, 0.3) is 0 Å². The lowest BCUT2D eigenvalue weighted by molar-refractivity contribution is 1.14. The van der Waals surface area contributed by atoms with Gasteiger partial charge in [-0.25, -0.2) is 0 Å². The van der Waals surface area contributed by atoms with Crippen LogP contribution >= 0.6 is 0 Å². The van der Waals surface area contributed by atoms with Gasteiger partial charge in [0.2, 0.25) is 0 Å². The topological polar surface area (TPSA) is 12.4 Å². The van der Waals surface area contributed by atoms with Gasteiger partial charge in [-0.3, -0.25) is 0 Å². The number of nitrogens with zero attached hydrogens (tertiary/aromatic N) is 1. The second-order valence-electron chi connectivity index (χ2n) is 1.02. The summed E-state index contributed by atoms with van der Waals surface area (Å²) in [5.74, 6) is 2.73. The van der Waals surface area contributed by atoms with Crippen LogP contribution in [0.3, 0.4) is 0 Å². The Morgan fingerprint density at radius 2 is 2.60 bits per heavy atom. The highest BCUT2D eigenvalue weighted by atomic mass is 14.8. The minimum Gasteiger partial charge on any atom is -0.199 e. The summed E-state index contributed by atoms with van der Waals surface area (Å²) < 4.78 is 0. The van der Waals surface area contributed by atoms with Crippen molar-refractivity contribution in [1.82, 2.24) is 0 Å². The molecule has 0 bridgehead atoms. The van der Waals surface area contributed by atoms with E-state index in [2.05, 4.69) is 17.8 Å². The van der Waals surface area contributed by atoms with Crippen LogP contribution in [-0.2, 0) is 0 Å². The maximum atomic E-state index is 3.69. The number of rotatable bonds is 1. The molecule has 1 rings (SSSR count). The first kappa shape index (κ1) is 2.67. The molecule has 0 radical (unpaired) electrons. The van der Waals surface area contributed by atoms with Crippen molar-refractivity contribution < 1.29 is 0 Å². The lowest BCUT2D eigenvalue weighted by Gasteiger charge is -1.63. The molecule has 0 aromatic rings. The average molecular weight is 67.1 g/mol. The molecule has 0 unspecified atom stereocenters. The van der Waals surface area contributed by atoms with Gasteiger partial charge in [0, 0.05) is 5.87 Å². The molecule has 1 heterocycles. The molecule has 26 valence electrons. The van der Waals surface area contributed by atoms with Crippen LogP contribution in [-0.4, -0.2) is 5.87 Å². The molecule has 1 aliphatic rings. The Morgan fingerprint density at radius 3 is 2.60 bits per heavy atom. The number of aliphatic imine (C=N–C) groups is 1. The van der Waals surface area contributed by atoms with Crippen LogP contribution in [0.5, 0.6) is 0 Å². The lowest BCUT2D eigenvalue weighted by atomic mass is 10.5. The Bertz CT molecular complexity index is 96.2. The number of allylic oxidation sites excluding steroid dienone is 1. The third kappa shape index (κ3) is 0.366. The predicted molar refractivity (Wildman–Crippen MR) is 21.2 cm³/mol. The summed E-state index contributed by atoms with van der Waals surface area (Å²) in [6.07, 6.45) is 1.06. The van der Waals surface area contributed by atoms with E-state index in [0.717, 1.165) is 12.1 Å². The normalized spacial score (nSPS) is 15.0. The maximum Gasteiger partial charge on any atom is 0.111 e. The molecule has 0 amide bonds. The molecule has 0 aromatic heterocycles. The zero-order valence-corrected chi connectivity index (χ0v) is 3.15. The van der Waals surface area contributed by atoms with Crippen molar-refractivity contribution in [3.05, 3.63) is 5.70 Å². The maximum absolute atomic E-state index is 3.69. The Morgan fingerprint density at radius 1 is 2.00 bits per heavy atom. The predicted octanol–water partition coefficient (Wildman–Crippen LogP) is 0.964. The van der Waals surface area contributed by atoms with Crippen LogP contribution in [0.2, 0.25) is 0 Å². The molecule has 0 fully saturated rings. The van der Waals surface area contributed by atoms with E-state index in [1.807, 2.05) is 0 Å². The van der Waals surface area contributed by atoms with E-state index in [1.54, 1.807) is 0 Å². The molecule has 5 heavy (non-hydrogen) atoms. The fraction of sp³-hybridized carbons (Fsp3) is 0.500. The Balaban J connectivity index is 2.30. The van der Waals surface area contributed by atoms with E-state index in [9.17, 15) is 0 Å². The van der Waals surface area contributed by atoms with Gasteiger partial charge < -0.3 is 0 Å². The van der Waals surface area contributed by atoms with Crippen molar-refractivity contribution in [2.75, 3.05) is 0 Å². The van der Waals surface area contributed by atoms with Gasteiger partial charge in [0.05, 0.1) is 0 Å². The molecule has 0 atom stereocenters. The molecule has 0 saturated carbocycles. The van der Waals surface area contributed by atoms with E-state index >= 15 is 0 Å². The summed E-state index contributed by atoms with van der Waals surface area (Å²) in [5, 5.41) is 0. The van der Waals surface area contributed by atoms with Gasteiger partial charge in [0.1, 0.15) is 5.70 Å². The molecule has 0 aliphatic carbocycles. The third-order valence-corrected chi connectivity index (χ3v) is 0.605. The highest BCUT2D eigenvalue weighted by Gasteiger charge is 1.93. The zero-order valence-electron chi connectivity index (χ0n) is 3.15. The molecular weight excluding hydrogens is 62.1 g/mol. The molecule has 0 saturated heterocycles. The summed E-state index contributed by atoms with van der Waals surface area (Å²) >= 11 is 0. The average Bonchev–Trinajstić information content (AvgIpc) is 2.12. The van der Waals surface area contributed by atoms with E-state index in [4.69, 9.17) is 0 Å². The second kappa shape index (κ2) is 0.697. The molecule has 1 nitrogen and oxygen atoms in total. The first-order valence-corrected chi connectivity index (χ1v) is 1.76. The van der Waals surface area contributed by atoms with E-state index < -0.39 is 0 Å². The first-order chi connectivity index (χ1) is 2.43. The smallest absolute Gasteiger partial charge is 0.111 e. The standard InChI is InChI=1S/C4H5N/c1-2-4-3-5-4/h2H2,1H3. The molecule has 0 aromatic carbocycles. The molecule has 0 spiro atoms. The van der Waals surface area contributed by atoms with Gasteiger partial charge in [0.25, 0.3) is 0 Å². The van der Waals surface area contributed by atoms with Crippen LogP contribution in [0.1, 0.15) is 13.3 Å². The van der Waals surface area contributed by atoms with Gasteiger partial charge in [-0.05, 0) is 6.42 Å². The summed E-state index contributed by atoms with van der Waals surface area (Å²) in [6, 6.07) is 0. The number of hydrogen-bond acceptors (Lipinski definition) is 1. The van der Waals surface area contributed by atoms with Crippen molar-refractivity contribution in [2.45, 2.75) is 13.3 Å². The summed E-state index contributed by atoms with van der Waals surface area (Å²) in [6.45, 7) is 2.07. The Labute approximate surface area is 31.0 Å². The van der Waals surface area contributed by atoms with E-state index in [-0.39, 0.29) is 0 Å². The first-order valence-electron chi connectivity index (χ1n) is 1.76. The SMILES string of the molecule is CCC1=C=N1. The van der Waals surface area contributed by atoms with Gasteiger partial charge in [-0.2, -0.15) is 4.99 Å². The summed E-state index contributed by atoms with van der Waals surface area (Å²) in [5.41, 5.74) is 1.13. The number of hydrogen-bond donors (Lipinski definition) is 0. The minimum absolute atomic E-state index is 1.06. The van der Waals surface area contributed by atoms with Crippen LogP contribution in [0.15, 0.2) is 10.7 Å². The van der Waals surface area contributed by atoms with Gasteiger partial charge in [0.15, 0.2) is 0 Å². The van der Waals surface area contributed by atoms with Crippen LogP contribution in [0, 0.1) is 0 Å². The monoisotopic (exact) mass is 67.0 g/mol. The quantitative estimate of drug-likeness (QED) is 0.433. The van der Waals surface area contributed by atoms with Crippen LogP contribution in [0.4, 0.5) is 0 Å². The molecule has 0 N–H and O–H groups in total. The van der Waals surface area contributed by atoms with Crippen molar-refractivity contribution in [1.29, 1.82) is 0 Å². The minimum atomic E-state index is 1.06. The van der Waals surface area contributed by atoms with Crippen molar-refractivity contribution in [2.24, 2.45) is 4.99 Å². The Hall–Kier alpha value is -0.550. The third-order valence-electron chi connectivity index (χ3n) is 0.605. The van der Waals surface area contributed by atoms with Gasteiger partial charge >= 0.3 is 0 Å². The fourth-order valence-electron chi connectivity index (χ4n) is 0.198. The Kier molecular flexibility index (Phi) is 0.373. The van der Waals surface area contributed by atoms with E-state index in [0.29, 0.717) is 0 Å². The van der Waals surface area contributed by atoms with Gasteiger partial charge in [-0.1, -0.05) is 6.92 Å². The molecular formula is C4H5N. The summed E-state index contributed by atoms with van der Waals surface area (Å²) in [7, 11) is 0. The molecule has 1 heteroatoms. The highest BCUT2D eigenvalue weighted by molar-refractivity contribution is 5.71. The largest absolute Gasteiger partial charge is 0.199 e. The second-order valence-corrected chi connectivity index (χ2v) is 1.02. The zero-order chi connectivity index (χ0) is 3.70. The lowest BCUT2D eigenvalue weighted by Crippen LogP contribution is -1.50. The van der Waals surface area contributed by atoms with Crippen molar-refractivity contribution in [3.8, 4) is 0 Å². The molecule has 1 aliphatic heterocycles. The fourth-order valence-corrected chi connectivity index (χ4v) is 0.198.